The van der Waals surface area contributed by atoms with E-state index in [1.54, 1.807) is 30.3 Å². The van der Waals surface area contributed by atoms with Crippen LogP contribution in [-0.4, -0.2) is 21.9 Å². The minimum Gasteiger partial charge on any atom is -0.479 e. The Balaban J connectivity index is 2.66. The molecule has 80 valence electrons. The van der Waals surface area contributed by atoms with Crippen LogP contribution in [-0.2, 0) is 20.1 Å². The van der Waals surface area contributed by atoms with Crippen LogP contribution in [0.3, 0.4) is 0 Å². The Morgan fingerprint density at radius 2 is 2.07 bits per heavy atom. The van der Waals surface area contributed by atoms with Crippen molar-refractivity contribution in [2.24, 2.45) is 0 Å². The summed E-state index contributed by atoms with van der Waals surface area (Å²) in [7, 11) is 0. The lowest BCUT2D eigenvalue weighted by molar-refractivity contribution is -0.139. The van der Waals surface area contributed by atoms with Gasteiger partial charge in [-0.05, 0) is 17.7 Å². The molecule has 0 saturated carbocycles. The lowest BCUT2D eigenvalue weighted by atomic mass is 10.2. The molecule has 1 N–H and O–H groups in total. The molecule has 0 aliphatic carbocycles. The second-order valence-corrected chi connectivity index (χ2v) is 3.84. The smallest absolute Gasteiger partial charge is 0.331 e. The highest BCUT2D eigenvalue weighted by Gasteiger charge is 2.06. The summed E-state index contributed by atoms with van der Waals surface area (Å²) in [4.78, 5) is 10.6. The van der Waals surface area contributed by atoms with Crippen molar-refractivity contribution in [3.63, 3.8) is 0 Å². The van der Waals surface area contributed by atoms with E-state index in [1.807, 2.05) is 0 Å². The van der Waals surface area contributed by atoms with Crippen LogP contribution < -0.4 is 0 Å². The van der Waals surface area contributed by atoms with Gasteiger partial charge in [-0.25, -0.2) is 9.00 Å². The molecule has 0 heterocycles. The average Bonchev–Trinajstić information content (AvgIpc) is 2.26. The summed E-state index contributed by atoms with van der Waals surface area (Å²) >= 11 is -1.73. The van der Waals surface area contributed by atoms with Gasteiger partial charge in [0.15, 0.2) is 17.7 Å². The van der Waals surface area contributed by atoms with Crippen LogP contribution in [0.5, 0.6) is 0 Å². The van der Waals surface area contributed by atoms with Gasteiger partial charge in [0.2, 0.25) is 0 Å². The zero-order valence-corrected chi connectivity index (χ0v) is 8.70. The van der Waals surface area contributed by atoms with Crippen molar-refractivity contribution in [2.45, 2.75) is 4.90 Å². The van der Waals surface area contributed by atoms with Crippen LogP contribution in [0.4, 0.5) is 0 Å². The number of aliphatic carboxylic acids is 1. The number of carbonyl (C=O) groups is 1. The van der Waals surface area contributed by atoms with E-state index in [1.165, 1.54) is 0 Å². The van der Waals surface area contributed by atoms with Crippen LogP contribution in [0.2, 0.25) is 0 Å². The quantitative estimate of drug-likeness (QED) is 0.825. The molecule has 1 unspecified atom stereocenters. The molecule has 0 fully saturated rings. The van der Waals surface area contributed by atoms with Gasteiger partial charge >= 0.3 is 5.97 Å². The number of benzene rings is 1. The zero-order chi connectivity index (χ0) is 11.3. The van der Waals surface area contributed by atoms with Gasteiger partial charge in [-0.3, -0.25) is 4.18 Å². The second-order valence-electron chi connectivity index (χ2n) is 2.66. The highest BCUT2D eigenvalue weighted by Crippen LogP contribution is 2.10. The predicted octanol–water partition coefficient (Wildman–Crippen LogP) is 1.45. The fourth-order valence-corrected chi connectivity index (χ4v) is 1.59. The first-order chi connectivity index (χ1) is 7.13. The van der Waals surface area contributed by atoms with Crippen molar-refractivity contribution in [1.29, 1.82) is 0 Å². The molecule has 0 amide bonds. The molecule has 5 heteroatoms. The standard InChI is InChI=1S/C10H10O4S/c1-2-8-3-5-9(6-4-8)15(13)14-7-10(11)12/h2-6H,1,7H2,(H,11,12). The molecule has 15 heavy (non-hydrogen) atoms. The Morgan fingerprint density at radius 3 is 2.53 bits per heavy atom. The van der Waals surface area contributed by atoms with Gasteiger partial charge in [-0.1, -0.05) is 24.8 Å². The lowest BCUT2D eigenvalue weighted by Crippen LogP contribution is -2.08. The van der Waals surface area contributed by atoms with E-state index in [0.717, 1.165) is 5.56 Å². The third-order valence-electron chi connectivity index (χ3n) is 1.60. The molecule has 1 aromatic carbocycles. The van der Waals surface area contributed by atoms with Gasteiger partial charge in [0.05, 0.1) is 4.90 Å². The van der Waals surface area contributed by atoms with E-state index < -0.39 is 23.7 Å². The van der Waals surface area contributed by atoms with Gasteiger partial charge in [-0.15, -0.1) is 0 Å². The first-order valence-electron chi connectivity index (χ1n) is 4.13. The number of rotatable bonds is 5. The summed E-state index contributed by atoms with van der Waals surface area (Å²) in [6.45, 7) is 3.01. The Hall–Kier alpha value is -1.46. The van der Waals surface area contributed by atoms with E-state index in [4.69, 9.17) is 5.11 Å². The molecule has 4 nitrogen and oxygen atoms in total. The van der Waals surface area contributed by atoms with Gasteiger partial charge in [0, 0.05) is 0 Å². The molecule has 0 radical (unpaired) electrons. The van der Waals surface area contributed by atoms with E-state index >= 15 is 0 Å². The van der Waals surface area contributed by atoms with Gasteiger partial charge in [0.25, 0.3) is 0 Å². The Bertz CT molecular complexity index is 383. The molecule has 0 aromatic heterocycles. The summed E-state index contributed by atoms with van der Waals surface area (Å²) in [5.74, 6) is -1.15. The van der Waals surface area contributed by atoms with Crippen molar-refractivity contribution < 1.29 is 18.3 Å². The third kappa shape index (κ3) is 3.65. The molecule has 1 atom stereocenters. The number of hydrogen-bond acceptors (Lipinski definition) is 3. The van der Waals surface area contributed by atoms with E-state index in [9.17, 15) is 9.00 Å². The van der Waals surface area contributed by atoms with E-state index in [-0.39, 0.29) is 0 Å². The molecule has 1 aromatic rings. The van der Waals surface area contributed by atoms with E-state index in [2.05, 4.69) is 10.8 Å². The molecule has 0 saturated heterocycles. The summed E-state index contributed by atoms with van der Waals surface area (Å²) in [6.07, 6.45) is 1.66. The van der Waals surface area contributed by atoms with Crippen LogP contribution in [0, 0.1) is 0 Å². The Kier molecular flexibility index (Phi) is 4.20. The molecular formula is C10H10O4S. The fraction of sp³-hybridized carbons (Fsp3) is 0.100. The highest BCUT2D eigenvalue weighted by atomic mass is 32.2. The first kappa shape index (κ1) is 11.6. The maximum atomic E-state index is 11.3. The maximum Gasteiger partial charge on any atom is 0.331 e. The van der Waals surface area contributed by atoms with Crippen molar-refractivity contribution >= 4 is 23.1 Å². The molecule has 0 spiro atoms. The normalized spacial score (nSPS) is 12.0. The van der Waals surface area contributed by atoms with Crippen LogP contribution in [0.25, 0.3) is 6.08 Å². The maximum absolute atomic E-state index is 11.3. The monoisotopic (exact) mass is 226 g/mol. The number of hydrogen-bond donors (Lipinski definition) is 1. The summed E-state index contributed by atoms with van der Waals surface area (Å²) in [6, 6.07) is 6.67. The minimum absolute atomic E-state index is 0.432. The second kappa shape index (κ2) is 5.43. The number of carboxylic acids is 1. The average molecular weight is 226 g/mol. The van der Waals surface area contributed by atoms with Gasteiger partial charge < -0.3 is 5.11 Å². The lowest BCUT2D eigenvalue weighted by Gasteiger charge is -2.01. The summed E-state index contributed by atoms with van der Waals surface area (Å²) in [5, 5.41) is 8.32. The SMILES string of the molecule is C=Cc1ccc(S(=O)OCC(=O)O)cc1. The van der Waals surface area contributed by atoms with Crippen molar-refractivity contribution in [3.8, 4) is 0 Å². The van der Waals surface area contributed by atoms with Crippen molar-refractivity contribution in [2.75, 3.05) is 6.61 Å². The number of carboxylic acid groups (broad SMARTS) is 1. The van der Waals surface area contributed by atoms with Crippen LogP contribution in [0.1, 0.15) is 5.56 Å². The largest absolute Gasteiger partial charge is 0.479 e. The fourth-order valence-electron chi connectivity index (χ4n) is 0.887. The van der Waals surface area contributed by atoms with Gasteiger partial charge in [0.1, 0.15) is 0 Å². The Morgan fingerprint density at radius 1 is 1.47 bits per heavy atom. The van der Waals surface area contributed by atoms with Gasteiger partial charge in [-0.2, -0.15) is 0 Å². The topological polar surface area (TPSA) is 63.6 Å². The molecule has 0 bridgehead atoms. The van der Waals surface area contributed by atoms with E-state index in [0.29, 0.717) is 4.90 Å². The molecular weight excluding hydrogens is 216 g/mol. The minimum atomic E-state index is -1.73. The predicted molar refractivity (Wildman–Crippen MR) is 56.5 cm³/mol. The third-order valence-corrected chi connectivity index (χ3v) is 2.59. The molecule has 0 aliphatic rings. The summed E-state index contributed by atoms with van der Waals surface area (Å²) < 4.78 is 16.0. The Labute approximate surface area is 89.9 Å². The first-order valence-corrected chi connectivity index (χ1v) is 5.20. The van der Waals surface area contributed by atoms with Crippen LogP contribution in [0.15, 0.2) is 35.7 Å². The van der Waals surface area contributed by atoms with Crippen LogP contribution >= 0.6 is 0 Å². The highest BCUT2D eigenvalue weighted by molar-refractivity contribution is 7.80. The summed E-state index contributed by atoms with van der Waals surface area (Å²) in [5.41, 5.74) is 0.897. The van der Waals surface area contributed by atoms with Crippen molar-refractivity contribution in [3.05, 3.63) is 36.4 Å². The zero-order valence-electron chi connectivity index (χ0n) is 7.88. The van der Waals surface area contributed by atoms with Crippen molar-refractivity contribution in [1.82, 2.24) is 0 Å². The molecule has 1 rings (SSSR count). The molecule has 0 aliphatic heterocycles.